The molecule has 1 saturated heterocycles. The van der Waals surface area contributed by atoms with E-state index in [-0.39, 0.29) is 0 Å². The average Bonchev–Trinajstić information content (AvgIpc) is 2.21. The fraction of sp³-hybridized carbons (Fsp3) is 0.692. The molecule has 1 heterocycles. The van der Waals surface area contributed by atoms with Crippen molar-refractivity contribution >= 4 is 0 Å². The summed E-state index contributed by atoms with van der Waals surface area (Å²) >= 11 is 0. The quantitative estimate of drug-likeness (QED) is 0.653. The van der Waals surface area contributed by atoms with Gasteiger partial charge in [0.15, 0.2) is 0 Å². The lowest BCUT2D eigenvalue weighted by Crippen LogP contribution is -2.44. The molecular weight excluding hydrogens is 184 g/mol. The second kappa shape index (κ2) is 6.81. The predicted molar refractivity (Wildman–Crippen MR) is 67.1 cm³/mol. The van der Waals surface area contributed by atoms with Gasteiger partial charge in [-0.25, -0.2) is 0 Å². The van der Waals surface area contributed by atoms with E-state index < -0.39 is 0 Å². The van der Waals surface area contributed by atoms with Gasteiger partial charge in [0, 0.05) is 32.7 Å². The van der Waals surface area contributed by atoms with Crippen molar-refractivity contribution in [3.05, 3.63) is 23.8 Å². The Morgan fingerprint density at radius 1 is 1.20 bits per heavy atom. The molecule has 2 heteroatoms. The van der Waals surface area contributed by atoms with E-state index in [2.05, 4.69) is 48.9 Å². The summed E-state index contributed by atoms with van der Waals surface area (Å²) < 4.78 is 0. The van der Waals surface area contributed by atoms with Gasteiger partial charge in [0.25, 0.3) is 0 Å². The molecule has 1 aliphatic rings. The molecule has 0 bridgehead atoms. The molecule has 0 unspecified atom stereocenters. The van der Waals surface area contributed by atoms with E-state index in [1.54, 1.807) is 0 Å². The van der Waals surface area contributed by atoms with Gasteiger partial charge >= 0.3 is 0 Å². The Bertz CT molecular complexity index is 223. The zero-order chi connectivity index (χ0) is 11.1. The number of hydrogen-bond acceptors (Lipinski definition) is 2. The summed E-state index contributed by atoms with van der Waals surface area (Å²) in [4.78, 5) is 4.90. The first-order valence-electron chi connectivity index (χ1n) is 5.96. The van der Waals surface area contributed by atoms with Crippen LogP contribution in [0.2, 0.25) is 0 Å². The van der Waals surface area contributed by atoms with Crippen LogP contribution >= 0.6 is 0 Å². The van der Waals surface area contributed by atoms with Crippen molar-refractivity contribution in [3.63, 3.8) is 0 Å². The van der Waals surface area contributed by atoms with Crippen LogP contribution < -0.4 is 0 Å². The standard InChI is InChI=1S/C13H24N2/c1-4-6-13(2)7-5-8-15-11-9-14(3)10-12-15/h5-7H,4,8-12H2,1-3H3/b7-5-,13-6-. The fourth-order valence-electron chi connectivity index (χ4n) is 1.81. The highest BCUT2D eigenvalue weighted by molar-refractivity contribution is 5.15. The second-order valence-electron chi connectivity index (χ2n) is 4.36. The van der Waals surface area contributed by atoms with Crippen molar-refractivity contribution < 1.29 is 0 Å². The van der Waals surface area contributed by atoms with Gasteiger partial charge < -0.3 is 4.90 Å². The van der Waals surface area contributed by atoms with E-state index in [9.17, 15) is 0 Å². The summed E-state index contributed by atoms with van der Waals surface area (Å²) in [5.41, 5.74) is 1.38. The van der Waals surface area contributed by atoms with Gasteiger partial charge in [0.2, 0.25) is 0 Å². The van der Waals surface area contributed by atoms with Gasteiger partial charge in [0.1, 0.15) is 0 Å². The lowest BCUT2D eigenvalue weighted by atomic mass is 10.2. The van der Waals surface area contributed by atoms with Gasteiger partial charge in [-0.15, -0.1) is 0 Å². The maximum Gasteiger partial charge on any atom is 0.0167 e. The first kappa shape index (κ1) is 12.5. The number of rotatable bonds is 4. The van der Waals surface area contributed by atoms with Crippen LogP contribution in [-0.4, -0.2) is 49.6 Å². The molecule has 0 aromatic rings. The van der Waals surface area contributed by atoms with Crippen LogP contribution in [0.4, 0.5) is 0 Å². The van der Waals surface area contributed by atoms with Crippen LogP contribution in [-0.2, 0) is 0 Å². The van der Waals surface area contributed by atoms with Gasteiger partial charge in [-0.05, 0) is 20.4 Å². The molecule has 0 atom stereocenters. The minimum atomic E-state index is 1.10. The van der Waals surface area contributed by atoms with Crippen LogP contribution in [0.5, 0.6) is 0 Å². The highest BCUT2D eigenvalue weighted by Crippen LogP contribution is 2.01. The number of allylic oxidation sites excluding steroid dienone is 3. The Morgan fingerprint density at radius 2 is 1.87 bits per heavy atom. The van der Waals surface area contributed by atoms with Gasteiger partial charge in [0.05, 0.1) is 0 Å². The molecule has 0 spiro atoms. The summed E-state index contributed by atoms with van der Waals surface area (Å²) in [5, 5.41) is 0. The van der Waals surface area contributed by atoms with E-state index in [4.69, 9.17) is 0 Å². The Hall–Kier alpha value is -0.600. The maximum atomic E-state index is 2.51. The van der Waals surface area contributed by atoms with E-state index >= 15 is 0 Å². The van der Waals surface area contributed by atoms with Crippen molar-refractivity contribution in [2.45, 2.75) is 20.3 Å². The Morgan fingerprint density at radius 3 is 2.47 bits per heavy atom. The highest BCUT2D eigenvalue weighted by atomic mass is 15.2. The molecule has 0 aliphatic carbocycles. The molecule has 1 aliphatic heterocycles. The van der Waals surface area contributed by atoms with Gasteiger partial charge in [-0.2, -0.15) is 0 Å². The van der Waals surface area contributed by atoms with Crippen molar-refractivity contribution in [1.29, 1.82) is 0 Å². The lowest BCUT2D eigenvalue weighted by molar-refractivity contribution is 0.166. The van der Waals surface area contributed by atoms with E-state index in [0.29, 0.717) is 0 Å². The molecule has 15 heavy (non-hydrogen) atoms. The first-order chi connectivity index (χ1) is 7.22. The molecule has 0 radical (unpaired) electrons. The third kappa shape index (κ3) is 5.14. The predicted octanol–water partition coefficient (Wildman–Crippen LogP) is 2.15. The summed E-state index contributed by atoms with van der Waals surface area (Å²) in [6, 6.07) is 0. The third-order valence-electron chi connectivity index (χ3n) is 2.87. The lowest BCUT2D eigenvalue weighted by Gasteiger charge is -2.31. The van der Waals surface area contributed by atoms with Crippen molar-refractivity contribution in [3.8, 4) is 0 Å². The molecule has 2 nitrogen and oxygen atoms in total. The van der Waals surface area contributed by atoms with Crippen LogP contribution in [0.15, 0.2) is 23.8 Å². The Balaban J connectivity index is 2.22. The number of nitrogens with zero attached hydrogens (tertiary/aromatic N) is 2. The summed E-state index contributed by atoms with van der Waals surface area (Å²) in [6.07, 6.45) is 7.92. The number of hydrogen-bond donors (Lipinski definition) is 0. The molecule has 86 valence electrons. The first-order valence-corrected chi connectivity index (χ1v) is 5.96. The molecule has 0 N–H and O–H groups in total. The Kier molecular flexibility index (Phi) is 5.66. The number of likely N-dealkylation sites (N-methyl/N-ethyl adjacent to an activating group) is 1. The monoisotopic (exact) mass is 208 g/mol. The van der Waals surface area contributed by atoms with Crippen LogP contribution in [0.1, 0.15) is 20.3 Å². The third-order valence-corrected chi connectivity index (χ3v) is 2.87. The zero-order valence-electron chi connectivity index (χ0n) is 10.4. The minimum Gasteiger partial charge on any atom is -0.304 e. The van der Waals surface area contributed by atoms with E-state index in [1.807, 2.05) is 0 Å². The fourth-order valence-corrected chi connectivity index (χ4v) is 1.81. The average molecular weight is 208 g/mol. The van der Waals surface area contributed by atoms with Crippen molar-refractivity contribution in [2.24, 2.45) is 0 Å². The van der Waals surface area contributed by atoms with Crippen LogP contribution in [0, 0.1) is 0 Å². The molecule has 0 amide bonds. The van der Waals surface area contributed by atoms with E-state index in [0.717, 1.165) is 13.0 Å². The molecular formula is C13H24N2. The van der Waals surface area contributed by atoms with Gasteiger partial charge in [-0.3, -0.25) is 4.90 Å². The van der Waals surface area contributed by atoms with Crippen molar-refractivity contribution in [2.75, 3.05) is 39.8 Å². The maximum absolute atomic E-state index is 2.51. The molecule has 0 aromatic heterocycles. The molecule has 0 aromatic carbocycles. The van der Waals surface area contributed by atoms with Gasteiger partial charge in [-0.1, -0.05) is 30.7 Å². The van der Waals surface area contributed by atoms with Crippen molar-refractivity contribution in [1.82, 2.24) is 9.80 Å². The molecule has 1 rings (SSSR count). The molecule has 1 fully saturated rings. The summed E-state index contributed by atoms with van der Waals surface area (Å²) in [5.74, 6) is 0. The topological polar surface area (TPSA) is 6.48 Å². The van der Waals surface area contributed by atoms with E-state index in [1.165, 1.54) is 31.8 Å². The van der Waals surface area contributed by atoms with Crippen LogP contribution in [0.25, 0.3) is 0 Å². The second-order valence-corrected chi connectivity index (χ2v) is 4.36. The zero-order valence-corrected chi connectivity index (χ0v) is 10.4. The SMILES string of the molecule is CC/C=C(C)\C=C/CN1CCN(C)CC1. The Labute approximate surface area is 94.3 Å². The smallest absolute Gasteiger partial charge is 0.0167 e. The highest BCUT2D eigenvalue weighted by Gasteiger charge is 2.11. The summed E-state index contributed by atoms with van der Waals surface area (Å²) in [6.45, 7) is 10.3. The minimum absolute atomic E-state index is 1.10. The summed E-state index contributed by atoms with van der Waals surface area (Å²) in [7, 11) is 2.20. The number of piperazine rings is 1. The normalized spacial score (nSPS) is 21.4. The largest absolute Gasteiger partial charge is 0.304 e. The molecule has 0 saturated carbocycles. The van der Waals surface area contributed by atoms with Crippen LogP contribution in [0.3, 0.4) is 0 Å².